The summed E-state index contributed by atoms with van der Waals surface area (Å²) in [6.07, 6.45) is 2.33. The summed E-state index contributed by atoms with van der Waals surface area (Å²) in [5.74, 6) is 1.66. The van der Waals surface area contributed by atoms with Gasteiger partial charge in [-0.3, -0.25) is 4.57 Å². The molecule has 1 aromatic heterocycles. The molecule has 1 aliphatic carbocycles. The van der Waals surface area contributed by atoms with E-state index in [1.54, 1.807) is 0 Å². The van der Waals surface area contributed by atoms with Crippen LogP contribution in [0, 0.1) is 5.92 Å². The third-order valence-electron chi connectivity index (χ3n) is 3.40. The molecule has 2 aromatic rings. The average Bonchev–Trinajstić information content (AvgIpc) is 2.68. The molecule has 0 aliphatic heterocycles. The van der Waals surface area contributed by atoms with Crippen molar-refractivity contribution in [3.05, 3.63) is 35.6 Å². The normalized spacial score (nSPS) is 23.4. The Morgan fingerprint density at radius 2 is 1.88 bits per heavy atom. The van der Waals surface area contributed by atoms with Gasteiger partial charge in [-0.15, -0.1) is 10.2 Å². The van der Waals surface area contributed by atoms with Gasteiger partial charge in [0.25, 0.3) is 0 Å². The molecule has 4 heteroatoms. The Balaban J connectivity index is 2.01. The maximum Gasteiger partial charge on any atom is 0.225 e. The molecule has 0 bridgehead atoms. The van der Waals surface area contributed by atoms with Crippen molar-refractivity contribution in [2.45, 2.75) is 25.8 Å². The lowest BCUT2D eigenvalue weighted by molar-refractivity contribution is 0.217. The zero-order chi connectivity index (χ0) is 11.8. The van der Waals surface area contributed by atoms with E-state index >= 15 is 0 Å². The molecule has 88 valence electrons. The maximum absolute atomic E-state index is 6.14. The largest absolute Gasteiger partial charge is 0.295 e. The molecule has 0 radical (unpaired) electrons. The zero-order valence-corrected chi connectivity index (χ0v) is 10.4. The van der Waals surface area contributed by atoms with E-state index in [0.29, 0.717) is 11.3 Å². The third kappa shape index (κ3) is 1.84. The van der Waals surface area contributed by atoms with Gasteiger partial charge >= 0.3 is 0 Å². The van der Waals surface area contributed by atoms with Gasteiger partial charge < -0.3 is 0 Å². The van der Waals surface area contributed by atoms with Crippen molar-refractivity contribution in [1.29, 1.82) is 0 Å². The summed E-state index contributed by atoms with van der Waals surface area (Å²) in [5, 5.41) is 8.69. The molecule has 1 saturated carbocycles. The molecule has 0 spiro atoms. The molecule has 0 saturated heterocycles. The number of hydrogen-bond donors (Lipinski definition) is 0. The monoisotopic (exact) mass is 247 g/mol. The standard InChI is InChI=1S/C13H14ClN3/c1-9-7-11(8-9)17-12(15-16-13(17)14)10-5-3-2-4-6-10/h2-6,9,11H,7-8H2,1H3. The van der Waals surface area contributed by atoms with E-state index in [4.69, 9.17) is 11.6 Å². The van der Waals surface area contributed by atoms with Gasteiger partial charge in [-0.2, -0.15) is 0 Å². The molecule has 3 nitrogen and oxygen atoms in total. The van der Waals surface area contributed by atoms with Crippen LogP contribution in [0.25, 0.3) is 11.4 Å². The molecule has 1 aliphatic rings. The summed E-state index contributed by atoms with van der Waals surface area (Å²) >= 11 is 6.14. The quantitative estimate of drug-likeness (QED) is 0.812. The second kappa shape index (κ2) is 4.15. The smallest absolute Gasteiger partial charge is 0.225 e. The van der Waals surface area contributed by atoms with Gasteiger partial charge in [-0.05, 0) is 30.4 Å². The first-order valence-electron chi connectivity index (χ1n) is 5.91. The Morgan fingerprint density at radius 3 is 2.53 bits per heavy atom. The van der Waals surface area contributed by atoms with Crippen molar-refractivity contribution >= 4 is 11.6 Å². The minimum Gasteiger partial charge on any atom is -0.295 e. The molecule has 1 aromatic carbocycles. The summed E-state index contributed by atoms with van der Waals surface area (Å²) in [4.78, 5) is 0. The number of benzene rings is 1. The van der Waals surface area contributed by atoms with Gasteiger partial charge in [-0.25, -0.2) is 0 Å². The Labute approximate surface area is 105 Å². The summed E-state index contributed by atoms with van der Waals surface area (Å²) in [6, 6.07) is 10.6. The minimum absolute atomic E-state index is 0.461. The highest BCUT2D eigenvalue weighted by Gasteiger charge is 2.30. The van der Waals surface area contributed by atoms with Gasteiger partial charge in [0.1, 0.15) is 0 Å². The lowest BCUT2D eigenvalue weighted by Crippen LogP contribution is -2.25. The lowest BCUT2D eigenvalue weighted by atomic mass is 9.81. The van der Waals surface area contributed by atoms with Gasteiger partial charge in [0.05, 0.1) is 0 Å². The SMILES string of the molecule is CC1CC(n2c(Cl)nnc2-c2ccccc2)C1. The van der Waals surface area contributed by atoms with E-state index in [-0.39, 0.29) is 0 Å². The minimum atomic E-state index is 0.461. The van der Waals surface area contributed by atoms with E-state index in [9.17, 15) is 0 Å². The number of nitrogens with zero attached hydrogens (tertiary/aromatic N) is 3. The fourth-order valence-corrected chi connectivity index (χ4v) is 2.71. The second-order valence-electron chi connectivity index (χ2n) is 4.76. The highest BCUT2D eigenvalue weighted by Crippen LogP contribution is 2.40. The van der Waals surface area contributed by atoms with Crippen LogP contribution in [0.4, 0.5) is 0 Å². The van der Waals surface area contributed by atoms with Gasteiger partial charge in [0.2, 0.25) is 5.28 Å². The van der Waals surface area contributed by atoms with Crippen LogP contribution in [-0.4, -0.2) is 14.8 Å². The Kier molecular flexibility index (Phi) is 2.63. The predicted molar refractivity (Wildman–Crippen MR) is 67.9 cm³/mol. The first-order valence-corrected chi connectivity index (χ1v) is 6.29. The van der Waals surface area contributed by atoms with Crippen LogP contribution in [0.5, 0.6) is 0 Å². The van der Waals surface area contributed by atoms with Crippen molar-refractivity contribution < 1.29 is 0 Å². The molecule has 0 amide bonds. The first kappa shape index (κ1) is 10.8. The number of hydrogen-bond acceptors (Lipinski definition) is 2. The molecule has 0 unspecified atom stereocenters. The fourth-order valence-electron chi connectivity index (χ4n) is 2.45. The highest BCUT2D eigenvalue weighted by molar-refractivity contribution is 6.28. The van der Waals surface area contributed by atoms with Gasteiger partial charge in [0.15, 0.2) is 5.82 Å². The third-order valence-corrected chi connectivity index (χ3v) is 3.66. The number of aromatic nitrogens is 3. The summed E-state index contributed by atoms with van der Waals surface area (Å²) < 4.78 is 2.07. The van der Waals surface area contributed by atoms with E-state index in [2.05, 4.69) is 21.7 Å². The second-order valence-corrected chi connectivity index (χ2v) is 5.10. The van der Waals surface area contributed by atoms with Crippen molar-refractivity contribution in [2.75, 3.05) is 0 Å². The lowest BCUT2D eigenvalue weighted by Gasteiger charge is -2.34. The van der Waals surface area contributed by atoms with Gasteiger partial charge in [0, 0.05) is 11.6 Å². The van der Waals surface area contributed by atoms with Crippen molar-refractivity contribution in [1.82, 2.24) is 14.8 Å². The van der Waals surface area contributed by atoms with Crippen LogP contribution < -0.4 is 0 Å². The molecule has 3 rings (SSSR count). The van der Waals surface area contributed by atoms with E-state index < -0.39 is 0 Å². The van der Waals surface area contributed by atoms with Crippen LogP contribution >= 0.6 is 11.6 Å². The summed E-state index contributed by atoms with van der Waals surface area (Å²) in [7, 11) is 0. The molecule has 17 heavy (non-hydrogen) atoms. The molecule has 0 N–H and O–H groups in total. The molecule has 0 atom stereocenters. The Morgan fingerprint density at radius 1 is 1.18 bits per heavy atom. The van der Waals surface area contributed by atoms with E-state index in [1.165, 1.54) is 0 Å². The Bertz CT molecular complexity index is 515. The first-order chi connectivity index (χ1) is 8.25. The zero-order valence-electron chi connectivity index (χ0n) is 9.68. The molecule has 1 fully saturated rings. The predicted octanol–water partition coefficient (Wildman–Crippen LogP) is 3.57. The van der Waals surface area contributed by atoms with Crippen LogP contribution in [0.15, 0.2) is 30.3 Å². The van der Waals surface area contributed by atoms with Gasteiger partial charge in [-0.1, -0.05) is 37.3 Å². The van der Waals surface area contributed by atoms with Crippen molar-refractivity contribution in [2.24, 2.45) is 5.92 Å². The molecule has 1 heterocycles. The summed E-state index contributed by atoms with van der Waals surface area (Å²) in [6.45, 7) is 2.26. The van der Waals surface area contributed by atoms with Crippen LogP contribution in [0.1, 0.15) is 25.8 Å². The number of rotatable bonds is 2. The van der Waals surface area contributed by atoms with Crippen molar-refractivity contribution in [3.63, 3.8) is 0 Å². The highest BCUT2D eigenvalue weighted by atomic mass is 35.5. The van der Waals surface area contributed by atoms with E-state index in [0.717, 1.165) is 30.1 Å². The summed E-state index contributed by atoms with van der Waals surface area (Å²) in [5.41, 5.74) is 1.08. The number of halogens is 1. The van der Waals surface area contributed by atoms with Crippen LogP contribution in [0.3, 0.4) is 0 Å². The van der Waals surface area contributed by atoms with E-state index in [1.807, 2.05) is 30.3 Å². The fraction of sp³-hybridized carbons (Fsp3) is 0.385. The topological polar surface area (TPSA) is 30.7 Å². The average molecular weight is 248 g/mol. The molecular formula is C13H14ClN3. The van der Waals surface area contributed by atoms with Crippen LogP contribution in [-0.2, 0) is 0 Å². The maximum atomic E-state index is 6.14. The molecular weight excluding hydrogens is 234 g/mol. The van der Waals surface area contributed by atoms with Crippen molar-refractivity contribution in [3.8, 4) is 11.4 Å². The van der Waals surface area contributed by atoms with Crippen LogP contribution in [0.2, 0.25) is 5.28 Å². The Hall–Kier alpha value is -1.35.